The minimum absolute atomic E-state index is 0.0927. The van der Waals surface area contributed by atoms with Gasteiger partial charge >= 0.3 is 6.18 Å². The first-order valence-electron chi connectivity index (χ1n) is 20.9. The molecule has 2 aliphatic carbocycles. The Labute approximate surface area is 367 Å². The highest BCUT2D eigenvalue weighted by atomic mass is 32.2. The highest BCUT2D eigenvalue weighted by Crippen LogP contribution is 2.47. The lowest BCUT2D eigenvalue weighted by molar-refractivity contribution is -0.141. The average molecular weight is 917 g/mol. The summed E-state index contributed by atoms with van der Waals surface area (Å²) in [6.45, 7) is 12.6. The topological polar surface area (TPSA) is 169 Å². The fraction of sp³-hybridized carbons (Fsp3) is 0.523. The number of hydrogen-bond acceptors (Lipinski definition) is 11. The molecule has 13 nitrogen and oxygen atoms in total. The maximum Gasteiger partial charge on any atom is 0.416 e. The molecule has 3 aliphatic rings. The lowest BCUT2D eigenvalue weighted by Gasteiger charge is -2.36. The van der Waals surface area contributed by atoms with Crippen LogP contribution in [0, 0.1) is 24.1 Å². The Morgan fingerprint density at radius 2 is 1.76 bits per heavy atom. The van der Waals surface area contributed by atoms with E-state index in [1.165, 1.54) is 16.2 Å². The summed E-state index contributed by atoms with van der Waals surface area (Å²) in [6, 6.07) is 4.63. The SMILES string of the molecule is CC[C@@H]1C[C@]1(NC(=O)[C@@H]1C[C@@H](Oc2cc(-c3nc(C(C)C)cs3)nc3c(C)c(OC)ccc23)CN1C(=O)[C@@H](Nc1cc(F)cc(C(F)(F)F)c1)C(C)(C)C)C(=O)NS(=O)(=O)C1CC1. The monoisotopic (exact) mass is 916 g/mol. The number of ether oxygens (including phenoxy) is 2. The van der Waals surface area contributed by atoms with Crippen LogP contribution in [-0.4, -0.2) is 83.6 Å². The van der Waals surface area contributed by atoms with Crippen LogP contribution in [-0.2, 0) is 30.6 Å². The third kappa shape index (κ3) is 9.45. The van der Waals surface area contributed by atoms with Crippen molar-refractivity contribution in [2.75, 3.05) is 19.0 Å². The van der Waals surface area contributed by atoms with E-state index in [0.29, 0.717) is 64.5 Å². The fourth-order valence-electron chi connectivity index (χ4n) is 8.14. The van der Waals surface area contributed by atoms with Crippen LogP contribution in [0.1, 0.15) is 96.4 Å². The molecule has 4 aromatic rings. The molecule has 3 N–H and O–H groups in total. The van der Waals surface area contributed by atoms with Crippen molar-refractivity contribution in [1.82, 2.24) is 24.9 Å². The van der Waals surface area contributed by atoms with Gasteiger partial charge in [-0.15, -0.1) is 11.3 Å². The lowest BCUT2D eigenvalue weighted by atomic mass is 9.85. The number of fused-ring (bicyclic) bond motifs is 1. The standard InChI is InChI=1S/C44H52F4N6O7S2/c1-9-24-19-43(24,41(57)53-63(58,59)29-10-11-29)52-38(55)33-17-28(20-54(33)40(56)37(42(5,6)7)49-27-15-25(44(46,47)48)14-26(45)16-27)61-35-18-31(39-51-32(21-62-39)22(2)3)50-36-23(4)34(60-8)13-12-30(35)36/h12-16,18,21-22,24,28-29,33,37,49H,9-11,17,19-20H2,1-8H3,(H,52,55)(H,53,57)/t24-,28-,33+,37-,43-/m1/s1. The number of sulfonamides is 1. The number of halogens is 4. The number of benzene rings is 2. The Balaban J connectivity index is 1.26. The number of amides is 3. The van der Waals surface area contributed by atoms with E-state index < -0.39 is 85.6 Å². The second kappa shape index (κ2) is 16.8. The normalized spacial score (nSPS) is 21.9. The summed E-state index contributed by atoms with van der Waals surface area (Å²) >= 11 is 1.42. The van der Waals surface area contributed by atoms with Crippen molar-refractivity contribution >= 4 is 55.7 Å². The van der Waals surface area contributed by atoms with Crippen molar-refractivity contribution in [1.29, 1.82) is 0 Å². The summed E-state index contributed by atoms with van der Waals surface area (Å²) in [4.78, 5) is 54.3. The molecule has 0 unspecified atom stereocenters. The van der Waals surface area contributed by atoms with Crippen molar-refractivity contribution in [2.45, 2.75) is 122 Å². The van der Waals surface area contributed by atoms with Gasteiger partial charge in [0.1, 0.15) is 51.7 Å². The molecule has 3 fully saturated rings. The van der Waals surface area contributed by atoms with Crippen molar-refractivity contribution < 1.29 is 49.8 Å². The Bertz CT molecular complexity index is 2560. The van der Waals surface area contributed by atoms with Crippen molar-refractivity contribution in [3.05, 3.63) is 64.4 Å². The van der Waals surface area contributed by atoms with E-state index in [9.17, 15) is 40.4 Å². The van der Waals surface area contributed by atoms with E-state index in [1.54, 1.807) is 46.1 Å². The molecule has 1 aliphatic heterocycles. The van der Waals surface area contributed by atoms with Gasteiger partial charge in [0.2, 0.25) is 21.8 Å². The first-order chi connectivity index (χ1) is 29.4. The smallest absolute Gasteiger partial charge is 0.416 e. The van der Waals surface area contributed by atoms with Gasteiger partial charge in [0, 0.05) is 34.5 Å². The van der Waals surface area contributed by atoms with Crippen molar-refractivity contribution in [3.8, 4) is 22.2 Å². The molecule has 3 amide bonds. The number of nitrogens with zero attached hydrogens (tertiary/aromatic N) is 3. The third-order valence-corrected chi connectivity index (χ3v) is 14.7. The number of carbonyl (C=O) groups excluding carboxylic acids is 3. The van der Waals surface area contributed by atoms with Gasteiger partial charge in [-0.25, -0.2) is 22.8 Å². The molecule has 0 bridgehead atoms. The quantitative estimate of drug-likeness (QED) is 0.107. The molecule has 5 atom stereocenters. The van der Waals surface area contributed by atoms with Gasteiger partial charge in [-0.2, -0.15) is 13.2 Å². The van der Waals surface area contributed by atoms with Gasteiger partial charge in [-0.05, 0) is 73.8 Å². The number of anilines is 1. The molecule has 3 heterocycles. The van der Waals surface area contributed by atoms with Gasteiger partial charge in [-0.3, -0.25) is 19.1 Å². The summed E-state index contributed by atoms with van der Waals surface area (Å²) in [5.74, 6) is -2.74. The molecule has 2 aromatic heterocycles. The molecule has 2 saturated carbocycles. The first-order valence-corrected chi connectivity index (χ1v) is 23.3. The minimum atomic E-state index is -4.88. The number of methoxy groups -OCH3 is 1. The Kier molecular flexibility index (Phi) is 12.3. The number of alkyl halides is 3. The van der Waals surface area contributed by atoms with Gasteiger partial charge in [0.05, 0.1) is 35.7 Å². The van der Waals surface area contributed by atoms with Crippen LogP contribution in [0.2, 0.25) is 0 Å². The van der Waals surface area contributed by atoms with E-state index >= 15 is 0 Å². The highest BCUT2D eigenvalue weighted by Gasteiger charge is 2.62. The number of thiazole rings is 1. The molecule has 0 radical (unpaired) electrons. The number of pyridine rings is 1. The average Bonchev–Trinajstić information content (AvgIpc) is 4.08. The summed E-state index contributed by atoms with van der Waals surface area (Å²) in [7, 11) is -2.42. The van der Waals surface area contributed by atoms with Gasteiger partial charge < -0.3 is 25.0 Å². The van der Waals surface area contributed by atoms with Crippen LogP contribution in [0.3, 0.4) is 0 Å². The fourth-order valence-corrected chi connectivity index (χ4v) is 10.4. The van der Waals surface area contributed by atoms with Crippen molar-refractivity contribution in [3.63, 3.8) is 0 Å². The number of aryl methyl sites for hydroxylation is 1. The van der Waals surface area contributed by atoms with Gasteiger partial charge in [0.15, 0.2) is 0 Å². The number of likely N-dealkylation sites (tertiary alicyclic amines) is 1. The number of hydrogen-bond donors (Lipinski definition) is 3. The van der Waals surface area contributed by atoms with Crippen LogP contribution in [0.5, 0.6) is 11.5 Å². The van der Waals surface area contributed by atoms with Crippen LogP contribution in [0.4, 0.5) is 23.2 Å². The van der Waals surface area contributed by atoms with E-state index in [0.717, 1.165) is 17.3 Å². The van der Waals surface area contributed by atoms with E-state index in [4.69, 9.17) is 19.4 Å². The lowest BCUT2D eigenvalue weighted by Crippen LogP contribution is -2.58. The molecule has 340 valence electrons. The maximum atomic E-state index is 14.9. The van der Waals surface area contributed by atoms with E-state index in [-0.39, 0.29) is 31.0 Å². The molecule has 7 rings (SSSR count). The zero-order valence-electron chi connectivity index (χ0n) is 36.3. The third-order valence-electron chi connectivity index (χ3n) is 12.0. The number of nitrogens with one attached hydrogen (secondary N) is 3. The van der Waals surface area contributed by atoms with E-state index in [2.05, 4.69) is 15.4 Å². The zero-order valence-corrected chi connectivity index (χ0v) is 37.9. The Morgan fingerprint density at radius 1 is 1.05 bits per heavy atom. The second-order valence-corrected chi connectivity index (χ2v) is 20.9. The molecule has 19 heteroatoms. The number of aromatic nitrogens is 2. The van der Waals surface area contributed by atoms with Crippen LogP contribution >= 0.6 is 11.3 Å². The van der Waals surface area contributed by atoms with Gasteiger partial charge in [-0.1, -0.05) is 48.0 Å². The Hall–Kier alpha value is -5.04. The molecule has 2 aromatic carbocycles. The van der Waals surface area contributed by atoms with E-state index in [1.807, 2.05) is 33.1 Å². The molecule has 0 spiro atoms. The Morgan fingerprint density at radius 3 is 2.35 bits per heavy atom. The van der Waals surface area contributed by atoms with Crippen LogP contribution < -0.4 is 24.8 Å². The predicted octanol–water partition coefficient (Wildman–Crippen LogP) is 7.73. The molecule has 1 saturated heterocycles. The maximum absolute atomic E-state index is 14.9. The molecular formula is C44H52F4N6O7S2. The predicted molar refractivity (Wildman–Crippen MR) is 230 cm³/mol. The van der Waals surface area contributed by atoms with Gasteiger partial charge in [0.25, 0.3) is 5.91 Å². The second-order valence-electron chi connectivity index (χ2n) is 18.1. The summed E-state index contributed by atoms with van der Waals surface area (Å²) < 4.78 is 96.2. The van der Waals surface area contributed by atoms with Crippen LogP contribution in [0.15, 0.2) is 41.8 Å². The highest BCUT2D eigenvalue weighted by molar-refractivity contribution is 7.91. The summed E-state index contributed by atoms with van der Waals surface area (Å²) in [5, 5.41) is 8.17. The van der Waals surface area contributed by atoms with Crippen LogP contribution in [0.25, 0.3) is 21.6 Å². The summed E-state index contributed by atoms with van der Waals surface area (Å²) in [6.07, 6.45) is -4.39. The molecular weight excluding hydrogens is 865 g/mol. The number of carbonyl (C=O) groups is 3. The zero-order chi connectivity index (χ0) is 46.0. The minimum Gasteiger partial charge on any atom is -0.496 e. The summed E-state index contributed by atoms with van der Waals surface area (Å²) in [5.41, 5.74) is -1.43. The largest absolute Gasteiger partial charge is 0.496 e. The number of rotatable bonds is 14. The molecule has 63 heavy (non-hydrogen) atoms. The van der Waals surface area contributed by atoms with Crippen molar-refractivity contribution in [2.24, 2.45) is 11.3 Å². The first kappa shape index (κ1) is 46.0.